The Kier molecular flexibility index (Phi) is 6.14. The summed E-state index contributed by atoms with van der Waals surface area (Å²) in [5.41, 5.74) is 3.86. The first-order valence-electron chi connectivity index (χ1n) is 10.8. The van der Waals surface area contributed by atoms with Crippen molar-refractivity contribution in [2.75, 3.05) is 30.3 Å². The number of carbonyl (C=O) groups excluding carboxylic acids is 2. The third-order valence-corrected chi connectivity index (χ3v) is 5.76. The maximum absolute atomic E-state index is 12.7. The topological polar surface area (TPSA) is 61.4 Å². The second-order valence-corrected chi connectivity index (χ2v) is 7.67. The molecule has 0 aromatic heterocycles. The Morgan fingerprint density at radius 3 is 2.61 bits per heavy atom. The van der Waals surface area contributed by atoms with Crippen LogP contribution in [0.25, 0.3) is 22.4 Å². The maximum atomic E-state index is 12.7. The second kappa shape index (κ2) is 9.14. The molecular formula is C26H27N3O2. The Hall–Kier alpha value is -3.44. The van der Waals surface area contributed by atoms with Crippen molar-refractivity contribution in [3.8, 4) is 0 Å². The summed E-state index contributed by atoms with van der Waals surface area (Å²) < 4.78 is 0. The van der Waals surface area contributed by atoms with Crippen molar-refractivity contribution in [1.29, 1.82) is 0 Å². The maximum Gasteiger partial charge on any atom is 0.256 e. The predicted octanol–water partition coefficient (Wildman–Crippen LogP) is 5.00. The van der Waals surface area contributed by atoms with Gasteiger partial charge in [-0.1, -0.05) is 56.3 Å². The van der Waals surface area contributed by atoms with Crippen LogP contribution in [0.5, 0.6) is 0 Å². The van der Waals surface area contributed by atoms with Gasteiger partial charge in [-0.25, -0.2) is 0 Å². The molecule has 4 rings (SSSR count). The highest BCUT2D eigenvalue weighted by Gasteiger charge is 2.24. The number of amides is 2. The highest BCUT2D eigenvalue weighted by atomic mass is 16.2. The van der Waals surface area contributed by atoms with E-state index in [2.05, 4.69) is 47.6 Å². The van der Waals surface area contributed by atoms with E-state index >= 15 is 0 Å². The van der Waals surface area contributed by atoms with E-state index in [0.717, 1.165) is 47.2 Å². The van der Waals surface area contributed by atoms with Gasteiger partial charge in [0.15, 0.2) is 0 Å². The molecule has 0 fully saturated rings. The molecule has 0 unspecified atom stereocenters. The van der Waals surface area contributed by atoms with Gasteiger partial charge < -0.3 is 15.5 Å². The lowest BCUT2D eigenvalue weighted by molar-refractivity contribution is -0.116. The van der Waals surface area contributed by atoms with Gasteiger partial charge in [-0.3, -0.25) is 9.59 Å². The Morgan fingerprint density at radius 1 is 1.03 bits per heavy atom. The molecular weight excluding hydrogens is 386 g/mol. The minimum Gasteiger partial charge on any atom is -0.326 e. The summed E-state index contributed by atoms with van der Waals surface area (Å²) in [5.74, 6) is -0.156. The van der Waals surface area contributed by atoms with Crippen LogP contribution in [0, 0.1) is 0 Å². The van der Waals surface area contributed by atoms with Crippen LogP contribution in [0.1, 0.15) is 31.4 Å². The molecule has 0 radical (unpaired) electrons. The van der Waals surface area contributed by atoms with Crippen LogP contribution < -0.4 is 10.6 Å². The molecule has 1 aliphatic heterocycles. The first-order chi connectivity index (χ1) is 15.1. The van der Waals surface area contributed by atoms with Crippen molar-refractivity contribution in [3.63, 3.8) is 0 Å². The molecule has 3 aromatic rings. The van der Waals surface area contributed by atoms with E-state index in [-0.39, 0.29) is 11.8 Å². The fourth-order valence-electron chi connectivity index (χ4n) is 3.96. The molecule has 5 heteroatoms. The molecule has 31 heavy (non-hydrogen) atoms. The van der Waals surface area contributed by atoms with Gasteiger partial charge in [0.2, 0.25) is 5.91 Å². The van der Waals surface area contributed by atoms with Crippen molar-refractivity contribution < 1.29 is 9.59 Å². The van der Waals surface area contributed by atoms with E-state index in [9.17, 15) is 9.59 Å². The summed E-state index contributed by atoms with van der Waals surface area (Å²) in [4.78, 5) is 27.3. The number of anilines is 2. The molecule has 1 heterocycles. The first-order valence-corrected chi connectivity index (χ1v) is 10.8. The molecule has 1 aliphatic rings. The molecule has 0 bridgehead atoms. The van der Waals surface area contributed by atoms with Crippen LogP contribution in [0.15, 0.2) is 60.7 Å². The van der Waals surface area contributed by atoms with E-state index in [1.807, 2.05) is 48.5 Å². The number of nitrogens with one attached hydrogen (secondary N) is 2. The summed E-state index contributed by atoms with van der Waals surface area (Å²) in [5, 5.41) is 8.12. The third-order valence-electron chi connectivity index (χ3n) is 5.76. The number of hydrogen-bond acceptors (Lipinski definition) is 3. The molecule has 2 amide bonds. The SMILES string of the molecule is CCN(CC)CCC(=O)Nc1ccc2c(c1)/C(=C\c1cccc3ccccc13)C(=O)N2. The van der Waals surface area contributed by atoms with Gasteiger partial charge in [-0.2, -0.15) is 0 Å². The van der Waals surface area contributed by atoms with Crippen LogP contribution in [-0.2, 0) is 9.59 Å². The van der Waals surface area contributed by atoms with E-state index in [1.54, 1.807) is 0 Å². The van der Waals surface area contributed by atoms with Gasteiger partial charge in [0.05, 0.1) is 0 Å². The quantitative estimate of drug-likeness (QED) is 0.536. The van der Waals surface area contributed by atoms with E-state index < -0.39 is 0 Å². The predicted molar refractivity (Wildman–Crippen MR) is 128 cm³/mol. The zero-order chi connectivity index (χ0) is 21.8. The number of nitrogens with zero attached hydrogens (tertiary/aromatic N) is 1. The highest BCUT2D eigenvalue weighted by Crippen LogP contribution is 2.36. The molecule has 0 spiro atoms. The first kappa shape index (κ1) is 20.8. The third kappa shape index (κ3) is 4.52. The Bertz CT molecular complexity index is 1160. The molecule has 3 aromatic carbocycles. The smallest absolute Gasteiger partial charge is 0.256 e. The molecule has 0 aliphatic carbocycles. The Labute approximate surface area is 182 Å². The number of benzene rings is 3. The highest BCUT2D eigenvalue weighted by molar-refractivity contribution is 6.35. The van der Waals surface area contributed by atoms with Gasteiger partial charge in [0.25, 0.3) is 5.91 Å². The second-order valence-electron chi connectivity index (χ2n) is 7.67. The largest absolute Gasteiger partial charge is 0.326 e. The van der Waals surface area contributed by atoms with Gasteiger partial charge in [-0.05, 0) is 53.7 Å². The van der Waals surface area contributed by atoms with Gasteiger partial charge in [0, 0.05) is 35.5 Å². The van der Waals surface area contributed by atoms with Crippen molar-refractivity contribution in [1.82, 2.24) is 4.90 Å². The average Bonchev–Trinajstić information content (AvgIpc) is 3.09. The van der Waals surface area contributed by atoms with Crippen LogP contribution in [0.4, 0.5) is 11.4 Å². The van der Waals surface area contributed by atoms with Crippen LogP contribution in [0.3, 0.4) is 0 Å². The minimum atomic E-state index is -0.132. The standard InChI is InChI=1S/C26H27N3O2/c1-3-29(4-2)15-14-25(30)27-20-12-13-24-22(17-20)23(26(31)28-24)16-19-10-7-9-18-8-5-6-11-21(18)19/h5-13,16-17H,3-4,14-15H2,1-2H3,(H,27,30)(H,28,31)/b23-16+. The molecule has 5 nitrogen and oxygen atoms in total. The van der Waals surface area contributed by atoms with Crippen LogP contribution in [-0.4, -0.2) is 36.3 Å². The molecule has 0 saturated carbocycles. The molecule has 0 atom stereocenters. The van der Waals surface area contributed by atoms with E-state index in [4.69, 9.17) is 0 Å². The summed E-state index contributed by atoms with van der Waals surface area (Å²) in [6, 6.07) is 19.7. The lowest BCUT2D eigenvalue weighted by Gasteiger charge is -2.17. The lowest BCUT2D eigenvalue weighted by atomic mass is 9.99. The van der Waals surface area contributed by atoms with Gasteiger partial charge in [-0.15, -0.1) is 0 Å². The monoisotopic (exact) mass is 413 g/mol. The fourth-order valence-corrected chi connectivity index (χ4v) is 3.96. The van der Waals surface area contributed by atoms with E-state index in [0.29, 0.717) is 17.7 Å². The van der Waals surface area contributed by atoms with Crippen molar-refractivity contribution >= 4 is 45.6 Å². The minimum absolute atomic E-state index is 0.0243. The van der Waals surface area contributed by atoms with Gasteiger partial charge in [0.1, 0.15) is 0 Å². The Morgan fingerprint density at radius 2 is 1.81 bits per heavy atom. The fraction of sp³-hybridized carbons (Fsp3) is 0.231. The normalized spacial score (nSPS) is 14.2. The number of fused-ring (bicyclic) bond motifs is 2. The van der Waals surface area contributed by atoms with Crippen LogP contribution in [0.2, 0.25) is 0 Å². The zero-order valence-corrected chi connectivity index (χ0v) is 17.9. The van der Waals surface area contributed by atoms with Crippen LogP contribution >= 0.6 is 0 Å². The average molecular weight is 414 g/mol. The zero-order valence-electron chi connectivity index (χ0n) is 17.9. The number of rotatable bonds is 7. The van der Waals surface area contributed by atoms with Gasteiger partial charge >= 0.3 is 0 Å². The van der Waals surface area contributed by atoms with E-state index in [1.165, 1.54) is 0 Å². The van der Waals surface area contributed by atoms with Crippen molar-refractivity contribution in [2.45, 2.75) is 20.3 Å². The van der Waals surface area contributed by atoms with Crippen molar-refractivity contribution in [3.05, 3.63) is 71.8 Å². The lowest BCUT2D eigenvalue weighted by Crippen LogP contribution is -2.27. The number of carbonyl (C=O) groups is 2. The molecule has 158 valence electrons. The summed E-state index contributed by atoms with van der Waals surface area (Å²) in [6.07, 6.45) is 2.37. The molecule has 0 saturated heterocycles. The summed E-state index contributed by atoms with van der Waals surface area (Å²) >= 11 is 0. The Balaban J connectivity index is 1.59. The van der Waals surface area contributed by atoms with Crippen molar-refractivity contribution in [2.24, 2.45) is 0 Å². The summed E-state index contributed by atoms with van der Waals surface area (Å²) in [6.45, 7) is 6.78. The molecule has 2 N–H and O–H groups in total. The summed E-state index contributed by atoms with van der Waals surface area (Å²) in [7, 11) is 0. The number of hydrogen-bond donors (Lipinski definition) is 2.